The molecular weight excluding hydrogens is 541 g/mol. The number of aromatic amines is 1. The quantitative estimate of drug-likeness (QED) is 0.240. The summed E-state index contributed by atoms with van der Waals surface area (Å²) in [6.45, 7) is 3.21. The topological polar surface area (TPSA) is 125 Å². The van der Waals surface area contributed by atoms with Crippen LogP contribution in [0.15, 0.2) is 36.7 Å². The Hall–Kier alpha value is -3.47. The largest absolute Gasteiger partial charge is 0.362 e. The molecule has 0 aliphatic carbocycles. The van der Waals surface area contributed by atoms with Crippen molar-refractivity contribution in [1.82, 2.24) is 30.2 Å². The fourth-order valence-corrected chi connectivity index (χ4v) is 5.10. The maximum Gasteiger partial charge on any atom is 0.255 e. The van der Waals surface area contributed by atoms with Gasteiger partial charge in [-0.3, -0.25) is 9.59 Å². The van der Waals surface area contributed by atoms with E-state index in [1.165, 1.54) is 13.4 Å². The molecule has 0 spiro atoms. The molecule has 2 unspecified atom stereocenters. The van der Waals surface area contributed by atoms with Gasteiger partial charge in [0.25, 0.3) is 5.91 Å². The Morgan fingerprint density at radius 2 is 1.92 bits per heavy atom. The number of amides is 2. The van der Waals surface area contributed by atoms with Crippen molar-refractivity contribution in [3.8, 4) is 0 Å². The Morgan fingerprint density at radius 1 is 1.13 bits per heavy atom. The summed E-state index contributed by atoms with van der Waals surface area (Å²) < 4.78 is 5.14. The molecule has 1 saturated heterocycles. The number of nitrogens with zero attached hydrogens (tertiary/aromatic N) is 4. The molecular formula is C27H29Cl2N7O3. The number of anilines is 1. The third kappa shape index (κ3) is 6.08. The Balaban J connectivity index is 1.46. The van der Waals surface area contributed by atoms with Crippen molar-refractivity contribution in [2.75, 3.05) is 25.5 Å². The first-order valence-corrected chi connectivity index (χ1v) is 13.6. The highest BCUT2D eigenvalue weighted by Crippen LogP contribution is 2.32. The zero-order chi connectivity index (χ0) is 27.5. The summed E-state index contributed by atoms with van der Waals surface area (Å²) in [4.78, 5) is 44.3. The second kappa shape index (κ2) is 11.7. The van der Waals surface area contributed by atoms with E-state index in [1.807, 2.05) is 11.0 Å². The van der Waals surface area contributed by atoms with Crippen molar-refractivity contribution < 1.29 is 14.3 Å². The minimum atomic E-state index is -0.414. The highest BCUT2D eigenvalue weighted by Gasteiger charge is 2.24. The highest BCUT2D eigenvalue weighted by molar-refractivity contribution is 6.35. The number of aromatic nitrogens is 4. The van der Waals surface area contributed by atoms with E-state index < -0.39 is 12.3 Å². The standard InChI is InChI=1S/C27H29Cl2N7O3/c1-15(39-2)32-24(37)8-7-21(26-33-20-6-5-16(28)11-23(20)35-26)34-25-18-12-19(29)17(13-22(18)30-14-31-25)27(38)36-9-3-4-10-36/h5-6,11-15,21H,3-4,7-10H2,1-2H3,(H,32,37)(H,33,35)(H,30,31,34). The first-order valence-electron chi connectivity index (χ1n) is 12.8. The number of benzene rings is 2. The molecule has 2 aromatic carbocycles. The van der Waals surface area contributed by atoms with E-state index in [4.69, 9.17) is 32.9 Å². The summed E-state index contributed by atoms with van der Waals surface area (Å²) >= 11 is 12.8. The van der Waals surface area contributed by atoms with Crippen LogP contribution in [0.3, 0.4) is 0 Å². The van der Waals surface area contributed by atoms with E-state index in [-0.39, 0.29) is 18.2 Å². The maximum atomic E-state index is 13.0. The van der Waals surface area contributed by atoms with Gasteiger partial charge in [-0.05, 0) is 56.5 Å². The Labute approximate surface area is 235 Å². The molecule has 3 N–H and O–H groups in total. The van der Waals surface area contributed by atoms with Crippen LogP contribution >= 0.6 is 23.2 Å². The lowest BCUT2D eigenvalue weighted by molar-refractivity contribution is -0.124. The molecule has 2 atom stereocenters. The molecule has 0 saturated carbocycles. The van der Waals surface area contributed by atoms with Gasteiger partial charge in [0, 0.05) is 37.0 Å². The number of halogens is 2. The van der Waals surface area contributed by atoms with Gasteiger partial charge in [-0.15, -0.1) is 0 Å². The minimum Gasteiger partial charge on any atom is -0.362 e. The summed E-state index contributed by atoms with van der Waals surface area (Å²) in [5, 5.41) is 7.80. The zero-order valence-electron chi connectivity index (χ0n) is 21.6. The van der Waals surface area contributed by atoms with Gasteiger partial charge >= 0.3 is 0 Å². The number of likely N-dealkylation sites (tertiary alicyclic amines) is 1. The second-order valence-electron chi connectivity index (χ2n) is 9.54. The predicted octanol–water partition coefficient (Wildman–Crippen LogP) is 5.09. The van der Waals surface area contributed by atoms with Crippen molar-refractivity contribution in [2.45, 2.75) is 44.9 Å². The normalized spacial score (nSPS) is 15.0. The fourth-order valence-electron chi connectivity index (χ4n) is 4.69. The van der Waals surface area contributed by atoms with Crippen molar-refractivity contribution in [3.05, 3.63) is 58.1 Å². The van der Waals surface area contributed by atoms with Crippen LogP contribution in [-0.2, 0) is 9.53 Å². The number of rotatable bonds is 9. The second-order valence-corrected chi connectivity index (χ2v) is 10.4. The number of hydrogen-bond acceptors (Lipinski definition) is 7. The number of carbonyl (C=O) groups is 2. The van der Waals surface area contributed by atoms with Crippen LogP contribution in [-0.4, -0.2) is 63.1 Å². The van der Waals surface area contributed by atoms with Crippen LogP contribution in [0.2, 0.25) is 10.0 Å². The van der Waals surface area contributed by atoms with Gasteiger partial charge in [0.05, 0.1) is 33.2 Å². The first kappa shape index (κ1) is 27.1. The van der Waals surface area contributed by atoms with Gasteiger partial charge < -0.3 is 25.3 Å². The Kier molecular flexibility index (Phi) is 8.15. The molecule has 2 aromatic heterocycles. The molecule has 0 radical (unpaired) electrons. The number of imidazole rings is 1. The third-order valence-electron chi connectivity index (χ3n) is 6.83. The molecule has 5 rings (SSSR count). The minimum absolute atomic E-state index is 0.0948. The lowest BCUT2D eigenvalue weighted by Gasteiger charge is -2.20. The van der Waals surface area contributed by atoms with E-state index in [9.17, 15) is 9.59 Å². The van der Waals surface area contributed by atoms with Gasteiger partial charge in [0.2, 0.25) is 5.91 Å². The summed E-state index contributed by atoms with van der Waals surface area (Å²) in [5.41, 5.74) is 2.54. The van der Waals surface area contributed by atoms with E-state index in [0.29, 0.717) is 44.6 Å². The molecule has 2 amide bonds. The first-order chi connectivity index (χ1) is 18.8. The molecule has 39 heavy (non-hydrogen) atoms. The van der Waals surface area contributed by atoms with E-state index in [1.54, 1.807) is 31.2 Å². The molecule has 1 aliphatic heterocycles. The van der Waals surface area contributed by atoms with Crippen LogP contribution in [0.25, 0.3) is 21.9 Å². The molecule has 204 valence electrons. The van der Waals surface area contributed by atoms with Crippen molar-refractivity contribution in [1.29, 1.82) is 0 Å². The van der Waals surface area contributed by atoms with Gasteiger partial charge in [0.15, 0.2) is 0 Å². The molecule has 4 aromatic rings. The number of ether oxygens (including phenoxy) is 1. The molecule has 0 bridgehead atoms. The molecule has 3 heterocycles. The number of carbonyl (C=O) groups excluding carboxylic acids is 2. The Morgan fingerprint density at radius 3 is 2.69 bits per heavy atom. The monoisotopic (exact) mass is 569 g/mol. The molecule has 10 nitrogen and oxygen atoms in total. The van der Waals surface area contributed by atoms with Crippen LogP contribution in [0.4, 0.5) is 5.82 Å². The summed E-state index contributed by atoms with van der Waals surface area (Å²) in [5.74, 6) is 0.883. The molecule has 1 fully saturated rings. The average molecular weight is 570 g/mol. The Bertz CT molecular complexity index is 1520. The van der Waals surface area contributed by atoms with Crippen molar-refractivity contribution in [3.63, 3.8) is 0 Å². The van der Waals surface area contributed by atoms with E-state index in [0.717, 1.165) is 37.0 Å². The van der Waals surface area contributed by atoms with Crippen LogP contribution in [0.1, 0.15) is 54.8 Å². The lowest BCUT2D eigenvalue weighted by Crippen LogP contribution is -2.34. The van der Waals surface area contributed by atoms with E-state index >= 15 is 0 Å². The summed E-state index contributed by atoms with van der Waals surface area (Å²) in [7, 11) is 1.53. The average Bonchev–Trinajstić information content (AvgIpc) is 3.60. The molecule has 1 aliphatic rings. The summed E-state index contributed by atoms with van der Waals surface area (Å²) in [6, 6.07) is 8.42. The fraction of sp³-hybridized carbons (Fsp3) is 0.370. The summed E-state index contributed by atoms with van der Waals surface area (Å²) in [6.07, 6.45) is 3.63. The van der Waals surface area contributed by atoms with Crippen LogP contribution in [0.5, 0.6) is 0 Å². The smallest absolute Gasteiger partial charge is 0.255 e. The van der Waals surface area contributed by atoms with Crippen molar-refractivity contribution in [2.24, 2.45) is 0 Å². The maximum absolute atomic E-state index is 13.0. The number of hydrogen-bond donors (Lipinski definition) is 3. The number of nitrogens with one attached hydrogen (secondary N) is 3. The van der Waals surface area contributed by atoms with Gasteiger partial charge in [-0.1, -0.05) is 23.2 Å². The van der Waals surface area contributed by atoms with Crippen molar-refractivity contribution >= 4 is 62.8 Å². The van der Waals surface area contributed by atoms with Crippen LogP contribution in [0, 0.1) is 0 Å². The number of methoxy groups -OCH3 is 1. The van der Waals surface area contributed by atoms with Crippen LogP contribution < -0.4 is 10.6 Å². The van der Waals surface area contributed by atoms with Gasteiger partial charge in [0.1, 0.15) is 24.2 Å². The van der Waals surface area contributed by atoms with E-state index in [2.05, 4.69) is 25.6 Å². The molecule has 12 heteroatoms. The lowest BCUT2D eigenvalue weighted by atomic mass is 10.1. The third-order valence-corrected chi connectivity index (χ3v) is 7.38. The highest BCUT2D eigenvalue weighted by atomic mass is 35.5. The van der Waals surface area contributed by atoms with Gasteiger partial charge in [-0.25, -0.2) is 15.0 Å². The predicted molar refractivity (Wildman–Crippen MR) is 151 cm³/mol. The van der Waals surface area contributed by atoms with Gasteiger partial charge in [-0.2, -0.15) is 0 Å². The number of fused-ring (bicyclic) bond motifs is 2. The zero-order valence-corrected chi connectivity index (χ0v) is 23.1. The number of H-pyrrole nitrogens is 1. The SMILES string of the molecule is COC(C)NC(=O)CCC(Nc1ncnc2cc(C(=O)N3CCCC3)c(Cl)cc12)c1nc2ccc(Cl)cc2[nH]1.